The average Bonchev–Trinajstić information content (AvgIpc) is 2.38. The van der Waals surface area contributed by atoms with Gasteiger partial charge in [-0.25, -0.2) is 4.39 Å². The summed E-state index contributed by atoms with van der Waals surface area (Å²) in [6.45, 7) is 5.54. The predicted molar refractivity (Wildman–Crippen MR) is 69.0 cm³/mol. The zero-order chi connectivity index (χ0) is 13.8. The van der Waals surface area contributed by atoms with Crippen LogP contribution in [0.3, 0.4) is 0 Å². The van der Waals surface area contributed by atoms with Crippen LogP contribution in [0.25, 0.3) is 0 Å². The molecule has 100 valence electrons. The fourth-order valence-electron chi connectivity index (χ4n) is 1.58. The van der Waals surface area contributed by atoms with E-state index in [9.17, 15) is 14.3 Å². The number of carbonyl (C=O) groups is 1. The van der Waals surface area contributed by atoms with Gasteiger partial charge in [-0.05, 0) is 37.5 Å². The molecule has 0 aliphatic heterocycles. The summed E-state index contributed by atoms with van der Waals surface area (Å²) >= 11 is 0. The SMILES string of the molecule is CCC(O)(CC)CNC(=O)c1ccc(C)c(F)c1. The van der Waals surface area contributed by atoms with E-state index < -0.39 is 11.4 Å². The van der Waals surface area contributed by atoms with Gasteiger partial charge in [0, 0.05) is 12.1 Å². The van der Waals surface area contributed by atoms with Crippen LogP contribution in [-0.2, 0) is 0 Å². The maximum absolute atomic E-state index is 13.3. The number of halogens is 1. The van der Waals surface area contributed by atoms with E-state index in [1.165, 1.54) is 6.07 Å². The molecule has 0 atom stereocenters. The topological polar surface area (TPSA) is 49.3 Å². The predicted octanol–water partition coefficient (Wildman–Crippen LogP) is 2.42. The number of rotatable bonds is 5. The molecule has 18 heavy (non-hydrogen) atoms. The molecule has 0 saturated heterocycles. The van der Waals surface area contributed by atoms with Crippen LogP contribution in [0.5, 0.6) is 0 Å². The molecule has 1 rings (SSSR count). The first-order valence-electron chi connectivity index (χ1n) is 6.18. The Bertz CT molecular complexity index is 428. The highest BCUT2D eigenvalue weighted by atomic mass is 19.1. The number of hydrogen-bond donors (Lipinski definition) is 2. The van der Waals surface area contributed by atoms with E-state index in [0.717, 1.165) is 0 Å². The van der Waals surface area contributed by atoms with Crippen molar-refractivity contribution in [3.8, 4) is 0 Å². The highest BCUT2D eigenvalue weighted by Gasteiger charge is 2.23. The van der Waals surface area contributed by atoms with Crippen molar-refractivity contribution in [2.45, 2.75) is 39.2 Å². The van der Waals surface area contributed by atoms with E-state index in [0.29, 0.717) is 18.4 Å². The number of hydrogen-bond acceptors (Lipinski definition) is 2. The molecular weight excluding hydrogens is 233 g/mol. The second-order valence-corrected chi connectivity index (χ2v) is 4.58. The molecule has 0 radical (unpaired) electrons. The second-order valence-electron chi connectivity index (χ2n) is 4.58. The molecule has 1 amide bonds. The summed E-state index contributed by atoms with van der Waals surface area (Å²) in [7, 11) is 0. The van der Waals surface area contributed by atoms with Crippen molar-refractivity contribution in [2.24, 2.45) is 0 Å². The van der Waals surface area contributed by atoms with Crippen LogP contribution in [0.15, 0.2) is 18.2 Å². The third-order valence-corrected chi connectivity index (χ3v) is 3.33. The maximum Gasteiger partial charge on any atom is 0.251 e. The van der Waals surface area contributed by atoms with Crippen LogP contribution in [0, 0.1) is 12.7 Å². The summed E-state index contributed by atoms with van der Waals surface area (Å²) in [6, 6.07) is 4.35. The Balaban J connectivity index is 2.68. The quantitative estimate of drug-likeness (QED) is 0.846. The first kappa shape index (κ1) is 14.6. The lowest BCUT2D eigenvalue weighted by molar-refractivity contribution is 0.0314. The fourth-order valence-corrected chi connectivity index (χ4v) is 1.58. The molecule has 1 aromatic rings. The standard InChI is InChI=1S/C14H20FNO2/c1-4-14(18,5-2)9-16-13(17)11-7-6-10(3)12(15)8-11/h6-8,18H,4-5,9H2,1-3H3,(H,16,17). The van der Waals surface area contributed by atoms with Gasteiger partial charge in [0.25, 0.3) is 5.91 Å². The molecule has 0 aliphatic carbocycles. The van der Waals surface area contributed by atoms with Crippen molar-refractivity contribution < 1.29 is 14.3 Å². The van der Waals surface area contributed by atoms with Crippen molar-refractivity contribution in [1.29, 1.82) is 0 Å². The summed E-state index contributed by atoms with van der Waals surface area (Å²) in [6.07, 6.45) is 1.12. The molecule has 0 saturated carbocycles. The van der Waals surface area contributed by atoms with Gasteiger partial charge in [-0.3, -0.25) is 4.79 Å². The molecule has 3 nitrogen and oxygen atoms in total. The van der Waals surface area contributed by atoms with Crippen LogP contribution in [0.4, 0.5) is 4.39 Å². The zero-order valence-electron chi connectivity index (χ0n) is 11.1. The van der Waals surface area contributed by atoms with Gasteiger partial charge in [-0.2, -0.15) is 0 Å². The van der Waals surface area contributed by atoms with E-state index in [2.05, 4.69) is 5.32 Å². The Kier molecular flexibility index (Phi) is 4.84. The largest absolute Gasteiger partial charge is 0.388 e. The van der Waals surface area contributed by atoms with Crippen LogP contribution in [0.1, 0.15) is 42.6 Å². The summed E-state index contributed by atoms with van der Waals surface area (Å²) in [4.78, 5) is 11.8. The Morgan fingerprint density at radius 3 is 2.50 bits per heavy atom. The van der Waals surface area contributed by atoms with Gasteiger partial charge in [0.2, 0.25) is 0 Å². The minimum atomic E-state index is -0.890. The summed E-state index contributed by atoms with van der Waals surface area (Å²) in [5, 5.41) is 12.7. The van der Waals surface area contributed by atoms with Gasteiger partial charge >= 0.3 is 0 Å². The first-order valence-corrected chi connectivity index (χ1v) is 6.18. The Morgan fingerprint density at radius 1 is 1.39 bits per heavy atom. The van der Waals surface area contributed by atoms with Crippen LogP contribution >= 0.6 is 0 Å². The second kappa shape index (κ2) is 5.96. The van der Waals surface area contributed by atoms with Gasteiger partial charge in [-0.15, -0.1) is 0 Å². The molecule has 0 spiro atoms. The van der Waals surface area contributed by atoms with Crippen LogP contribution in [0.2, 0.25) is 0 Å². The summed E-state index contributed by atoms with van der Waals surface area (Å²) in [5.74, 6) is -0.766. The molecule has 4 heteroatoms. The van der Waals surface area contributed by atoms with Gasteiger partial charge in [0.1, 0.15) is 5.82 Å². The monoisotopic (exact) mass is 253 g/mol. The number of nitrogens with one attached hydrogen (secondary N) is 1. The lowest BCUT2D eigenvalue weighted by Gasteiger charge is -2.25. The number of carbonyl (C=O) groups excluding carboxylic acids is 1. The highest BCUT2D eigenvalue weighted by molar-refractivity contribution is 5.94. The number of aliphatic hydroxyl groups is 1. The van der Waals surface area contributed by atoms with Crippen molar-refractivity contribution in [2.75, 3.05) is 6.54 Å². The molecule has 0 unspecified atom stereocenters. The molecule has 0 bridgehead atoms. The molecule has 0 heterocycles. The third-order valence-electron chi connectivity index (χ3n) is 3.33. The van der Waals surface area contributed by atoms with Crippen molar-refractivity contribution in [1.82, 2.24) is 5.32 Å². The summed E-state index contributed by atoms with van der Waals surface area (Å²) in [5.41, 5.74) is -0.114. The molecule has 0 aromatic heterocycles. The van der Waals surface area contributed by atoms with Gasteiger partial charge in [0.15, 0.2) is 0 Å². The smallest absolute Gasteiger partial charge is 0.251 e. The number of amides is 1. The Morgan fingerprint density at radius 2 is 2.00 bits per heavy atom. The number of benzene rings is 1. The molecular formula is C14H20FNO2. The molecule has 1 aromatic carbocycles. The molecule has 0 fully saturated rings. The van der Waals surface area contributed by atoms with E-state index in [1.807, 2.05) is 13.8 Å². The normalized spacial score (nSPS) is 11.4. The van der Waals surface area contributed by atoms with Crippen LogP contribution in [-0.4, -0.2) is 23.2 Å². The maximum atomic E-state index is 13.3. The first-order chi connectivity index (χ1) is 8.41. The van der Waals surface area contributed by atoms with E-state index in [-0.39, 0.29) is 18.0 Å². The lowest BCUT2D eigenvalue weighted by Crippen LogP contribution is -2.42. The lowest BCUT2D eigenvalue weighted by atomic mass is 9.97. The zero-order valence-corrected chi connectivity index (χ0v) is 11.1. The van der Waals surface area contributed by atoms with E-state index >= 15 is 0 Å². The molecule has 2 N–H and O–H groups in total. The molecule has 0 aliphatic rings. The summed E-state index contributed by atoms with van der Waals surface area (Å²) < 4.78 is 13.3. The minimum absolute atomic E-state index is 0.175. The van der Waals surface area contributed by atoms with Gasteiger partial charge < -0.3 is 10.4 Å². The fraction of sp³-hybridized carbons (Fsp3) is 0.500. The van der Waals surface area contributed by atoms with Gasteiger partial charge in [-0.1, -0.05) is 19.9 Å². The van der Waals surface area contributed by atoms with Crippen molar-refractivity contribution in [3.05, 3.63) is 35.1 Å². The number of aryl methyl sites for hydroxylation is 1. The minimum Gasteiger partial charge on any atom is -0.388 e. The average molecular weight is 253 g/mol. The van der Waals surface area contributed by atoms with E-state index in [4.69, 9.17) is 0 Å². The third kappa shape index (κ3) is 3.53. The Hall–Kier alpha value is -1.42. The highest BCUT2D eigenvalue weighted by Crippen LogP contribution is 2.14. The van der Waals surface area contributed by atoms with Gasteiger partial charge in [0.05, 0.1) is 5.60 Å². The van der Waals surface area contributed by atoms with Crippen LogP contribution < -0.4 is 5.32 Å². The van der Waals surface area contributed by atoms with E-state index in [1.54, 1.807) is 19.1 Å². The van der Waals surface area contributed by atoms with Crippen molar-refractivity contribution in [3.63, 3.8) is 0 Å². The van der Waals surface area contributed by atoms with Crippen molar-refractivity contribution >= 4 is 5.91 Å². The Labute approximate surface area is 107 Å².